The van der Waals surface area contributed by atoms with E-state index in [4.69, 9.17) is 0 Å². The molecule has 1 atom stereocenters. The number of fused-ring (bicyclic) bond motifs is 1. The highest BCUT2D eigenvalue weighted by molar-refractivity contribution is 6.02. The Morgan fingerprint density at radius 1 is 1.38 bits per heavy atom. The Kier molecular flexibility index (Phi) is 5.20. The van der Waals surface area contributed by atoms with Gasteiger partial charge in [0, 0.05) is 13.1 Å². The summed E-state index contributed by atoms with van der Waals surface area (Å²) in [7, 11) is 0. The van der Waals surface area contributed by atoms with Crippen LogP contribution in [0.2, 0.25) is 0 Å². The molecular weight excluding hydrogens is 266 g/mol. The highest BCUT2D eigenvalue weighted by Crippen LogP contribution is 2.25. The van der Waals surface area contributed by atoms with Crippen LogP contribution in [0.25, 0.3) is 0 Å². The van der Waals surface area contributed by atoms with Gasteiger partial charge in [0.05, 0.1) is 11.3 Å². The van der Waals surface area contributed by atoms with Crippen LogP contribution in [0, 0.1) is 0 Å². The first-order valence-corrected chi connectivity index (χ1v) is 7.57. The molecule has 1 unspecified atom stereocenters. The molecule has 0 saturated carbocycles. The lowest BCUT2D eigenvalue weighted by Gasteiger charge is -2.21. The molecule has 1 heterocycles. The Balaban J connectivity index is 2.05. The fourth-order valence-electron chi connectivity index (χ4n) is 2.44. The summed E-state index contributed by atoms with van der Waals surface area (Å²) in [5.41, 5.74) is 2.68. The molecule has 2 rings (SSSR count). The number of aryl methyl sites for hydroxylation is 1. The standard InChI is InChI=1S/C16H23N3O2/c1-3-9-18-15(20)11(2)19-16(21)13-8-4-6-12-7-5-10-17-14(12)13/h4,6,8,11,17H,3,5,7,9-10H2,1-2H3,(H,18,20)(H,19,21). The van der Waals surface area contributed by atoms with Gasteiger partial charge in [-0.1, -0.05) is 19.1 Å². The molecule has 0 aliphatic carbocycles. The van der Waals surface area contributed by atoms with Crippen LogP contribution in [0.15, 0.2) is 18.2 Å². The number of hydrogen-bond acceptors (Lipinski definition) is 3. The molecule has 2 amide bonds. The zero-order valence-electron chi connectivity index (χ0n) is 12.7. The molecule has 0 aromatic heterocycles. The number of carbonyl (C=O) groups excluding carboxylic acids is 2. The highest BCUT2D eigenvalue weighted by atomic mass is 16.2. The maximum absolute atomic E-state index is 12.4. The first kappa shape index (κ1) is 15.4. The minimum atomic E-state index is -0.538. The van der Waals surface area contributed by atoms with Gasteiger partial charge in [0.2, 0.25) is 5.91 Å². The summed E-state index contributed by atoms with van der Waals surface area (Å²) in [4.78, 5) is 24.2. The van der Waals surface area contributed by atoms with Crippen LogP contribution in [0.1, 0.15) is 42.6 Å². The molecule has 0 spiro atoms. The van der Waals surface area contributed by atoms with Crippen molar-refractivity contribution in [1.82, 2.24) is 10.6 Å². The van der Waals surface area contributed by atoms with E-state index in [0.29, 0.717) is 12.1 Å². The number of carbonyl (C=O) groups is 2. The molecule has 1 aliphatic rings. The van der Waals surface area contributed by atoms with E-state index in [2.05, 4.69) is 16.0 Å². The maximum atomic E-state index is 12.4. The van der Waals surface area contributed by atoms with Gasteiger partial charge in [-0.25, -0.2) is 0 Å². The molecule has 114 valence electrons. The average Bonchev–Trinajstić information content (AvgIpc) is 2.51. The second kappa shape index (κ2) is 7.11. The van der Waals surface area contributed by atoms with Crippen molar-refractivity contribution < 1.29 is 9.59 Å². The van der Waals surface area contributed by atoms with Crippen LogP contribution >= 0.6 is 0 Å². The Morgan fingerprint density at radius 3 is 2.95 bits per heavy atom. The van der Waals surface area contributed by atoms with Gasteiger partial charge in [0.1, 0.15) is 6.04 Å². The topological polar surface area (TPSA) is 70.2 Å². The fraction of sp³-hybridized carbons (Fsp3) is 0.500. The molecule has 5 nitrogen and oxygen atoms in total. The van der Waals surface area contributed by atoms with Crippen molar-refractivity contribution in [3.05, 3.63) is 29.3 Å². The third-order valence-electron chi connectivity index (χ3n) is 3.61. The lowest BCUT2D eigenvalue weighted by atomic mass is 9.99. The van der Waals surface area contributed by atoms with Crippen molar-refractivity contribution >= 4 is 17.5 Å². The predicted octanol–water partition coefficient (Wildman–Crippen LogP) is 1.69. The summed E-state index contributed by atoms with van der Waals surface area (Å²) >= 11 is 0. The molecule has 0 radical (unpaired) electrons. The van der Waals surface area contributed by atoms with Gasteiger partial charge in [-0.05, 0) is 37.8 Å². The molecule has 0 fully saturated rings. The lowest BCUT2D eigenvalue weighted by molar-refractivity contribution is -0.122. The average molecular weight is 289 g/mol. The van der Waals surface area contributed by atoms with Crippen LogP contribution in [-0.2, 0) is 11.2 Å². The molecule has 5 heteroatoms. The lowest BCUT2D eigenvalue weighted by Crippen LogP contribution is -2.45. The van der Waals surface area contributed by atoms with Crippen LogP contribution in [-0.4, -0.2) is 30.9 Å². The molecule has 1 aromatic carbocycles. The van der Waals surface area contributed by atoms with E-state index in [1.54, 1.807) is 13.0 Å². The van der Waals surface area contributed by atoms with Gasteiger partial charge in [0.25, 0.3) is 5.91 Å². The number of benzene rings is 1. The second-order valence-corrected chi connectivity index (χ2v) is 5.36. The van der Waals surface area contributed by atoms with Gasteiger partial charge in [0.15, 0.2) is 0 Å². The van der Waals surface area contributed by atoms with Gasteiger partial charge in [-0.15, -0.1) is 0 Å². The molecule has 0 saturated heterocycles. The van der Waals surface area contributed by atoms with E-state index in [1.807, 2.05) is 19.1 Å². The smallest absolute Gasteiger partial charge is 0.254 e. The Bertz CT molecular complexity index is 528. The van der Waals surface area contributed by atoms with Crippen molar-refractivity contribution in [2.45, 2.75) is 39.2 Å². The van der Waals surface area contributed by atoms with Gasteiger partial charge < -0.3 is 16.0 Å². The van der Waals surface area contributed by atoms with Crippen LogP contribution in [0.5, 0.6) is 0 Å². The van der Waals surface area contributed by atoms with Crippen LogP contribution in [0.3, 0.4) is 0 Å². The summed E-state index contributed by atoms with van der Waals surface area (Å²) in [6.07, 6.45) is 2.94. The van der Waals surface area contributed by atoms with E-state index >= 15 is 0 Å². The van der Waals surface area contributed by atoms with Crippen LogP contribution in [0.4, 0.5) is 5.69 Å². The minimum absolute atomic E-state index is 0.150. The molecule has 1 aromatic rings. The first-order valence-electron chi connectivity index (χ1n) is 7.57. The predicted molar refractivity (Wildman–Crippen MR) is 83.5 cm³/mol. The summed E-state index contributed by atoms with van der Waals surface area (Å²) < 4.78 is 0. The first-order chi connectivity index (χ1) is 10.1. The fourth-order valence-corrected chi connectivity index (χ4v) is 2.44. The van der Waals surface area contributed by atoms with Crippen molar-refractivity contribution in [3.63, 3.8) is 0 Å². The zero-order chi connectivity index (χ0) is 15.2. The van der Waals surface area contributed by atoms with Crippen molar-refractivity contribution in [3.8, 4) is 0 Å². The Morgan fingerprint density at radius 2 is 2.19 bits per heavy atom. The monoisotopic (exact) mass is 289 g/mol. The largest absolute Gasteiger partial charge is 0.384 e. The molecule has 21 heavy (non-hydrogen) atoms. The number of nitrogens with one attached hydrogen (secondary N) is 3. The highest BCUT2D eigenvalue weighted by Gasteiger charge is 2.20. The summed E-state index contributed by atoms with van der Waals surface area (Å²) in [6.45, 7) is 5.20. The molecule has 0 bridgehead atoms. The second-order valence-electron chi connectivity index (χ2n) is 5.36. The number of anilines is 1. The minimum Gasteiger partial charge on any atom is -0.384 e. The Hall–Kier alpha value is -2.04. The van der Waals surface area contributed by atoms with E-state index in [1.165, 1.54) is 0 Å². The Labute approximate surface area is 125 Å². The summed E-state index contributed by atoms with van der Waals surface area (Å²) in [5.74, 6) is -0.358. The zero-order valence-corrected chi connectivity index (χ0v) is 12.7. The van der Waals surface area contributed by atoms with E-state index in [9.17, 15) is 9.59 Å². The SMILES string of the molecule is CCCNC(=O)C(C)NC(=O)c1cccc2c1NCCC2. The number of hydrogen-bond donors (Lipinski definition) is 3. The summed E-state index contributed by atoms with van der Waals surface area (Å²) in [5, 5.41) is 8.83. The third-order valence-corrected chi connectivity index (χ3v) is 3.61. The van der Waals surface area contributed by atoms with Crippen molar-refractivity contribution in [1.29, 1.82) is 0 Å². The van der Waals surface area contributed by atoms with E-state index < -0.39 is 6.04 Å². The van der Waals surface area contributed by atoms with Gasteiger partial charge >= 0.3 is 0 Å². The normalized spacial score (nSPS) is 14.6. The maximum Gasteiger partial charge on any atom is 0.254 e. The van der Waals surface area contributed by atoms with E-state index in [-0.39, 0.29) is 11.8 Å². The number of amides is 2. The molecule has 1 aliphatic heterocycles. The van der Waals surface area contributed by atoms with E-state index in [0.717, 1.165) is 37.1 Å². The quantitative estimate of drug-likeness (QED) is 0.772. The number of para-hydroxylation sites is 1. The van der Waals surface area contributed by atoms with Gasteiger partial charge in [-0.2, -0.15) is 0 Å². The van der Waals surface area contributed by atoms with Crippen LogP contribution < -0.4 is 16.0 Å². The van der Waals surface area contributed by atoms with Crippen molar-refractivity contribution in [2.24, 2.45) is 0 Å². The van der Waals surface area contributed by atoms with Gasteiger partial charge in [-0.3, -0.25) is 9.59 Å². The summed E-state index contributed by atoms with van der Waals surface area (Å²) in [6, 6.07) is 5.19. The molecule has 3 N–H and O–H groups in total. The van der Waals surface area contributed by atoms with Crippen molar-refractivity contribution in [2.75, 3.05) is 18.4 Å². The third kappa shape index (κ3) is 3.74. The number of rotatable bonds is 5. The molecular formula is C16H23N3O2.